The van der Waals surface area contributed by atoms with Crippen molar-refractivity contribution in [3.8, 4) is 5.69 Å². The molecule has 18 heavy (non-hydrogen) atoms. The summed E-state index contributed by atoms with van der Waals surface area (Å²) in [5.41, 5.74) is 2.65. The quantitative estimate of drug-likeness (QED) is 0.874. The van der Waals surface area contributed by atoms with E-state index in [1.807, 2.05) is 37.1 Å². The highest BCUT2D eigenvalue weighted by Crippen LogP contribution is 2.33. The molecule has 4 nitrogen and oxygen atoms in total. The summed E-state index contributed by atoms with van der Waals surface area (Å²) in [6.07, 6.45) is 9.87. The number of hydrogen-bond donors (Lipinski definition) is 1. The van der Waals surface area contributed by atoms with Gasteiger partial charge in [0, 0.05) is 35.4 Å². The first-order chi connectivity index (χ1) is 8.80. The second-order valence-corrected chi connectivity index (χ2v) is 5.16. The molecular weight excluding hydrogens is 224 g/mol. The standard InChI is InChI=1S/C14H18N4/c1-14(4-8-16-9-5-14)13-10-17-11-18(13)12-2-6-15-7-3-12/h2-3,6-7,10-11,16H,4-5,8-9H2,1H3. The third-order valence-corrected chi connectivity index (χ3v) is 3.90. The fourth-order valence-corrected chi connectivity index (χ4v) is 2.69. The monoisotopic (exact) mass is 242 g/mol. The molecule has 0 spiro atoms. The Labute approximate surface area is 107 Å². The average molecular weight is 242 g/mol. The first-order valence-corrected chi connectivity index (χ1v) is 6.44. The van der Waals surface area contributed by atoms with Gasteiger partial charge < -0.3 is 9.88 Å². The summed E-state index contributed by atoms with van der Waals surface area (Å²) >= 11 is 0. The number of hydrogen-bond acceptors (Lipinski definition) is 3. The highest BCUT2D eigenvalue weighted by atomic mass is 15.1. The normalized spacial score (nSPS) is 18.7. The minimum Gasteiger partial charge on any atom is -0.317 e. The molecule has 0 aliphatic carbocycles. The fourth-order valence-electron chi connectivity index (χ4n) is 2.69. The first kappa shape index (κ1) is 11.4. The van der Waals surface area contributed by atoms with Crippen LogP contribution in [-0.2, 0) is 5.41 Å². The van der Waals surface area contributed by atoms with Crippen LogP contribution in [0.5, 0.6) is 0 Å². The molecule has 0 amide bonds. The molecular formula is C14H18N4. The molecule has 0 atom stereocenters. The van der Waals surface area contributed by atoms with Crippen molar-refractivity contribution in [2.75, 3.05) is 13.1 Å². The molecule has 0 radical (unpaired) electrons. The van der Waals surface area contributed by atoms with Crippen molar-refractivity contribution in [3.63, 3.8) is 0 Å². The van der Waals surface area contributed by atoms with Crippen molar-refractivity contribution in [1.29, 1.82) is 0 Å². The average Bonchev–Trinajstić information content (AvgIpc) is 2.91. The Balaban J connectivity index is 2.01. The fraction of sp³-hybridized carbons (Fsp3) is 0.429. The molecule has 0 saturated carbocycles. The van der Waals surface area contributed by atoms with Crippen LogP contribution in [0, 0.1) is 0 Å². The lowest BCUT2D eigenvalue weighted by Crippen LogP contribution is -2.38. The summed E-state index contributed by atoms with van der Waals surface area (Å²) < 4.78 is 2.19. The molecule has 3 heterocycles. The molecule has 1 saturated heterocycles. The van der Waals surface area contributed by atoms with E-state index in [0.29, 0.717) is 0 Å². The van der Waals surface area contributed by atoms with Crippen LogP contribution >= 0.6 is 0 Å². The molecule has 0 unspecified atom stereocenters. The molecule has 2 aromatic heterocycles. The summed E-state index contributed by atoms with van der Waals surface area (Å²) in [6, 6.07) is 4.05. The highest BCUT2D eigenvalue weighted by Gasteiger charge is 2.31. The van der Waals surface area contributed by atoms with E-state index in [4.69, 9.17) is 0 Å². The van der Waals surface area contributed by atoms with Gasteiger partial charge in [-0.05, 0) is 38.1 Å². The van der Waals surface area contributed by atoms with E-state index in [1.54, 1.807) is 0 Å². The molecule has 0 aromatic carbocycles. The van der Waals surface area contributed by atoms with Crippen LogP contribution in [0.3, 0.4) is 0 Å². The van der Waals surface area contributed by atoms with E-state index >= 15 is 0 Å². The molecule has 1 fully saturated rings. The summed E-state index contributed by atoms with van der Waals surface area (Å²) in [6.45, 7) is 4.50. The number of nitrogens with zero attached hydrogens (tertiary/aromatic N) is 3. The highest BCUT2D eigenvalue weighted by molar-refractivity contribution is 5.33. The predicted octanol–water partition coefficient (Wildman–Crippen LogP) is 1.91. The first-order valence-electron chi connectivity index (χ1n) is 6.44. The van der Waals surface area contributed by atoms with E-state index in [9.17, 15) is 0 Å². The van der Waals surface area contributed by atoms with Gasteiger partial charge in [-0.25, -0.2) is 4.98 Å². The largest absolute Gasteiger partial charge is 0.317 e. The van der Waals surface area contributed by atoms with Crippen molar-refractivity contribution >= 4 is 0 Å². The Bertz CT molecular complexity index is 512. The van der Waals surface area contributed by atoms with Crippen LogP contribution in [0.15, 0.2) is 37.1 Å². The summed E-state index contributed by atoms with van der Waals surface area (Å²) in [5.74, 6) is 0. The second-order valence-electron chi connectivity index (χ2n) is 5.16. The molecule has 1 aliphatic rings. The number of piperidine rings is 1. The number of nitrogens with one attached hydrogen (secondary N) is 1. The van der Waals surface area contributed by atoms with Gasteiger partial charge in [-0.1, -0.05) is 6.92 Å². The third kappa shape index (κ3) is 1.93. The zero-order chi connectivity index (χ0) is 12.4. The number of rotatable bonds is 2. The van der Waals surface area contributed by atoms with Crippen LogP contribution in [0.1, 0.15) is 25.5 Å². The number of aromatic nitrogens is 3. The van der Waals surface area contributed by atoms with E-state index < -0.39 is 0 Å². The summed E-state index contributed by atoms with van der Waals surface area (Å²) in [4.78, 5) is 8.41. The van der Waals surface area contributed by atoms with E-state index in [2.05, 4.69) is 26.8 Å². The van der Waals surface area contributed by atoms with Gasteiger partial charge >= 0.3 is 0 Å². The molecule has 1 N–H and O–H groups in total. The maximum absolute atomic E-state index is 4.34. The minimum atomic E-state index is 0.213. The van der Waals surface area contributed by atoms with Gasteiger partial charge in [0.05, 0.1) is 6.33 Å². The van der Waals surface area contributed by atoms with Gasteiger partial charge in [0.15, 0.2) is 0 Å². The molecule has 1 aliphatic heterocycles. The van der Waals surface area contributed by atoms with Gasteiger partial charge in [-0.3, -0.25) is 4.98 Å². The lowest BCUT2D eigenvalue weighted by atomic mass is 9.78. The Morgan fingerprint density at radius 2 is 1.89 bits per heavy atom. The van der Waals surface area contributed by atoms with Crippen molar-refractivity contribution < 1.29 is 0 Å². The minimum absolute atomic E-state index is 0.213. The number of imidazole rings is 1. The van der Waals surface area contributed by atoms with Crippen LogP contribution in [-0.4, -0.2) is 27.6 Å². The molecule has 2 aromatic rings. The van der Waals surface area contributed by atoms with E-state index in [0.717, 1.165) is 31.6 Å². The Morgan fingerprint density at radius 1 is 1.17 bits per heavy atom. The molecule has 3 rings (SSSR count). The summed E-state index contributed by atoms with van der Waals surface area (Å²) in [7, 11) is 0. The second kappa shape index (κ2) is 4.53. The Kier molecular flexibility index (Phi) is 2.88. The van der Waals surface area contributed by atoms with Crippen LogP contribution in [0.4, 0.5) is 0 Å². The van der Waals surface area contributed by atoms with Gasteiger partial charge in [-0.2, -0.15) is 0 Å². The predicted molar refractivity (Wildman–Crippen MR) is 70.8 cm³/mol. The van der Waals surface area contributed by atoms with Crippen molar-refractivity contribution in [2.45, 2.75) is 25.2 Å². The maximum Gasteiger partial charge on any atom is 0.0994 e. The van der Waals surface area contributed by atoms with E-state index in [-0.39, 0.29) is 5.41 Å². The Hall–Kier alpha value is -1.68. The lowest BCUT2D eigenvalue weighted by Gasteiger charge is -2.34. The van der Waals surface area contributed by atoms with E-state index in [1.165, 1.54) is 5.69 Å². The molecule has 4 heteroatoms. The van der Waals surface area contributed by atoms with Crippen molar-refractivity contribution in [2.24, 2.45) is 0 Å². The van der Waals surface area contributed by atoms with Crippen LogP contribution < -0.4 is 5.32 Å². The van der Waals surface area contributed by atoms with Gasteiger partial charge in [0.1, 0.15) is 0 Å². The van der Waals surface area contributed by atoms with Crippen molar-refractivity contribution in [3.05, 3.63) is 42.7 Å². The Morgan fingerprint density at radius 3 is 2.61 bits per heavy atom. The lowest BCUT2D eigenvalue weighted by molar-refractivity contribution is 0.324. The van der Waals surface area contributed by atoms with Crippen LogP contribution in [0.25, 0.3) is 5.69 Å². The topological polar surface area (TPSA) is 42.7 Å². The van der Waals surface area contributed by atoms with Gasteiger partial charge in [0.2, 0.25) is 0 Å². The zero-order valence-corrected chi connectivity index (χ0v) is 10.6. The zero-order valence-electron chi connectivity index (χ0n) is 10.6. The molecule has 94 valence electrons. The maximum atomic E-state index is 4.34. The van der Waals surface area contributed by atoms with Gasteiger partial charge in [-0.15, -0.1) is 0 Å². The number of pyridine rings is 1. The van der Waals surface area contributed by atoms with Gasteiger partial charge in [0.25, 0.3) is 0 Å². The third-order valence-electron chi connectivity index (χ3n) is 3.90. The summed E-state index contributed by atoms with van der Waals surface area (Å²) in [5, 5.41) is 3.42. The smallest absolute Gasteiger partial charge is 0.0994 e. The van der Waals surface area contributed by atoms with Crippen LogP contribution in [0.2, 0.25) is 0 Å². The SMILES string of the molecule is CC1(c2cncn2-c2ccncc2)CCNCC1. The van der Waals surface area contributed by atoms with Crippen molar-refractivity contribution in [1.82, 2.24) is 19.9 Å². The molecule has 0 bridgehead atoms.